The maximum atomic E-state index is 13.7. The molecule has 2 aromatic rings. The Kier molecular flexibility index (Phi) is 4.17. The van der Waals surface area contributed by atoms with E-state index in [0.29, 0.717) is 18.7 Å². The zero-order valence-corrected chi connectivity index (χ0v) is 13.8. The van der Waals surface area contributed by atoms with E-state index in [-0.39, 0.29) is 24.9 Å². The fourth-order valence-electron chi connectivity index (χ4n) is 3.21. The standard InChI is InChI=1S/C19H19FN2O3/c20-16-4-2-1-3-14(16)11-19(23)22-9-7-21(8-10-22)15-5-6-17-18(12-15)25-13-24-17/h1-6,12H,7-11,13H2. The molecule has 2 aliphatic heterocycles. The number of rotatable bonds is 3. The molecule has 0 N–H and O–H groups in total. The van der Waals surface area contributed by atoms with Crippen molar-refractivity contribution in [3.8, 4) is 11.5 Å². The lowest BCUT2D eigenvalue weighted by molar-refractivity contribution is -0.130. The van der Waals surface area contributed by atoms with E-state index in [2.05, 4.69) is 4.90 Å². The van der Waals surface area contributed by atoms with Crippen molar-refractivity contribution >= 4 is 11.6 Å². The highest BCUT2D eigenvalue weighted by Gasteiger charge is 2.23. The molecule has 1 amide bonds. The summed E-state index contributed by atoms with van der Waals surface area (Å²) in [7, 11) is 0. The molecule has 2 aliphatic rings. The summed E-state index contributed by atoms with van der Waals surface area (Å²) in [5.74, 6) is 1.17. The number of piperazine rings is 1. The van der Waals surface area contributed by atoms with Gasteiger partial charge in [-0.15, -0.1) is 0 Å². The fraction of sp³-hybridized carbons (Fsp3) is 0.316. The highest BCUT2D eigenvalue weighted by atomic mass is 19.1. The van der Waals surface area contributed by atoms with E-state index < -0.39 is 0 Å². The SMILES string of the molecule is O=C(Cc1ccccc1F)N1CCN(c2ccc3c(c2)OCO3)CC1. The normalized spacial score (nSPS) is 16.2. The number of benzene rings is 2. The molecular formula is C19H19FN2O3. The molecule has 1 saturated heterocycles. The van der Waals surface area contributed by atoms with Crippen LogP contribution in [0.3, 0.4) is 0 Å². The van der Waals surface area contributed by atoms with E-state index >= 15 is 0 Å². The first kappa shape index (κ1) is 15.7. The molecule has 0 aromatic heterocycles. The molecule has 2 heterocycles. The van der Waals surface area contributed by atoms with Gasteiger partial charge in [-0.2, -0.15) is 0 Å². The van der Waals surface area contributed by atoms with Gasteiger partial charge in [0.15, 0.2) is 11.5 Å². The van der Waals surface area contributed by atoms with Crippen molar-refractivity contribution in [2.24, 2.45) is 0 Å². The number of nitrogens with zero attached hydrogens (tertiary/aromatic N) is 2. The van der Waals surface area contributed by atoms with Gasteiger partial charge in [-0.25, -0.2) is 4.39 Å². The maximum absolute atomic E-state index is 13.7. The monoisotopic (exact) mass is 342 g/mol. The third kappa shape index (κ3) is 3.24. The minimum Gasteiger partial charge on any atom is -0.454 e. The molecule has 0 atom stereocenters. The molecule has 25 heavy (non-hydrogen) atoms. The molecule has 0 saturated carbocycles. The number of ether oxygens (including phenoxy) is 2. The van der Waals surface area contributed by atoms with Crippen molar-refractivity contribution in [1.29, 1.82) is 0 Å². The minimum atomic E-state index is -0.324. The molecule has 5 nitrogen and oxygen atoms in total. The summed E-state index contributed by atoms with van der Waals surface area (Å²) in [6.07, 6.45) is 0.108. The predicted molar refractivity (Wildman–Crippen MR) is 91.5 cm³/mol. The largest absolute Gasteiger partial charge is 0.454 e. The summed E-state index contributed by atoms with van der Waals surface area (Å²) in [5, 5.41) is 0. The van der Waals surface area contributed by atoms with Crippen LogP contribution >= 0.6 is 0 Å². The van der Waals surface area contributed by atoms with E-state index in [1.807, 2.05) is 18.2 Å². The van der Waals surface area contributed by atoms with Crippen molar-refractivity contribution in [3.63, 3.8) is 0 Å². The van der Waals surface area contributed by atoms with Gasteiger partial charge in [-0.05, 0) is 23.8 Å². The van der Waals surface area contributed by atoms with Crippen molar-refractivity contribution in [3.05, 3.63) is 53.8 Å². The van der Waals surface area contributed by atoms with Crippen molar-refractivity contribution in [1.82, 2.24) is 4.90 Å². The lowest BCUT2D eigenvalue weighted by atomic mass is 10.1. The second kappa shape index (κ2) is 6.63. The summed E-state index contributed by atoms with van der Waals surface area (Å²) in [6, 6.07) is 12.3. The molecule has 6 heteroatoms. The molecule has 0 radical (unpaired) electrons. The molecule has 0 spiro atoms. The third-order valence-corrected chi connectivity index (χ3v) is 4.65. The quantitative estimate of drug-likeness (QED) is 0.859. The summed E-state index contributed by atoms with van der Waals surface area (Å²) >= 11 is 0. The number of carbonyl (C=O) groups excluding carboxylic acids is 1. The fourth-order valence-corrected chi connectivity index (χ4v) is 3.21. The molecule has 0 unspecified atom stereocenters. The first-order chi connectivity index (χ1) is 12.2. The van der Waals surface area contributed by atoms with Gasteiger partial charge < -0.3 is 19.3 Å². The highest BCUT2D eigenvalue weighted by molar-refractivity contribution is 5.79. The number of hydrogen-bond donors (Lipinski definition) is 0. The zero-order chi connectivity index (χ0) is 17.2. The van der Waals surface area contributed by atoms with Crippen LogP contribution in [0.5, 0.6) is 11.5 Å². The van der Waals surface area contributed by atoms with Gasteiger partial charge in [0.05, 0.1) is 6.42 Å². The van der Waals surface area contributed by atoms with Crippen LogP contribution in [0.1, 0.15) is 5.56 Å². The van der Waals surface area contributed by atoms with Crippen LogP contribution in [-0.4, -0.2) is 43.8 Å². The lowest BCUT2D eigenvalue weighted by Gasteiger charge is -2.36. The Morgan fingerprint density at radius 3 is 2.56 bits per heavy atom. The van der Waals surface area contributed by atoms with Crippen LogP contribution in [0.25, 0.3) is 0 Å². The van der Waals surface area contributed by atoms with E-state index in [1.165, 1.54) is 6.07 Å². The Morgan fingerprint density at radius 1 is 1.00 bits per heavy atom. The average molecular weight is 342 g/mol. The van der Waals surface area contributed by atoms with Gasteiger partial charge >= 0.3 is 0 Å². The van der Waals surface area contributed by atoms with Crippen LogP contribution in [0, 0.1) is 5.82 Å². The van der Waals surface area contributed by atoms with Crippen molar-refractivity contribution < 1.29 is 18.7 Å². The molecule has 4 rings (SSSR count). The number of anilines is 1. The first-order valence-corrected chi connectivity index (χ1v) is 8.36. The number of carbonyl (C=O) groups is 1. The maximum Gasteiger partial charge on any atom is 0.231 e. The van der Waals surface area contributed by atoms with Crippen LogP contribution < -0.4 is 14.4 Å². The van der Waals surface area contributed by atoms with Crippen LogP contribution in [0.4, 0.5) is 10.1 Å². The molecule has 0 aliphatic carbocycles. The van der Waals surface area contributed by atoms with Crippen LogP contribution in [0.15, 0.2) is 42.5 Å². The number of amides is 1. The van der Waals surface area contributed by atoms with Gasteiger partial charge in [0, 0.05) is 37.9 Å². The molecule has 1 fully saturated rings. The Hall–Kier alpha value is -2.76. The number of fused-ring (bicyclic) bond motifs is 1. The first-order valence-electron chi connectivity index (χ1n) is 8.36. The predicted octanol–water partition coefficient (Wildman–Crippen LogP) is 2.45. The zero-order valence-electron chi connectivity index (χ0n) is 13.8. The van der Waals surface area contributed by atoms with Crippen LogP contribution in [0.2, 0.25) is 0 Å². The van der Waals surface area contributed by atoms with E-state index in [4.69, 9.17) is 9.47 Å². The summed E-state index contributed by atoms with van der Waals surface area (Å²) in [6.45, 7) is 2.99. The van der Waals surface area contributed by atoms with Gasteiger partial charge in [0.25, 0.3) is 0 Å². The van der Waals surface area contributed by atoms with E-state index in [1.54, 1.807) is 23.1 Å². The second-order valence-corrected chi connectivity index (χ2v) is 6.17. The van der Waals surface area contributed by atoms with Gasteiger partial charge in [0.2, 0.25) is 12.7 Å². The summed E-state index contributed by atoms with van der Waals surface area (Å²) in [4.78, 5) is 16.4. The van der Waals surface area contributed by atoms with Gasteiger partial charge in [-0.3, -0.25) is 4.79 Å². The molecule has 2 aromatic carbocycles. The summed E-state index contributed by atoms with van der Waals surface area (Å²) in [5.41, 5.74) is 1.51. The lowest BCUT2D eigenvalue weighted by Crippen LogP contribution is -2.49. The topological polar surface area (TPSA) is 42.0 Å². The van der Waals surface area contributed by atoms with Crippen molar-refractivity contribution in [2.75, 3.05) is 37.9 Å². The second-order valence-electron chi connectivity index (χ2n) is 6.17. The number of halogens is 1. The van der Waals surface area contributed by atoms with Gasteiger partial charge in [0.1, 0.15) is 5.82 Å². The van der Waals surface area contributed by atoms with Crippen LogP contribution in [-0.2, 0) is 11.2 Å². The van der Waals surface area contributed by atoms with Gasteiger partial charge in [-0.1, -0.05) is 18.2 Å². The Morgan fingerprint density at radius 2 is 1.76 bits per heavy atom. The summed E-state index contributed by atoms with van der Waals surface area (Å²) < 4.78 is 24.5. The third-order valence-electron chi connectivity index (χ3n) is 4.65. The Bertz CT molecular complexity index is 788. The average Bonchev–Trinajstić information content (AvgIpc) is 3.11. The van der Waals surface area contributed by atoms with Crippen molar-refractivity contribution in [2.45, 2.75) is 6.42 Å². The Labute approximate surface area is 145 Å². The van der Waals surface area contributed by atoms with E-state index in [0.717, 1.165) is 30.3 Å². The minimum absolute atomic E-state index is 0.0320. The van der Waals surface area contributed by atoms with E-state index in [9.17, 15) is 9.18 Å². The molecular weight excluding hydrogens is 323 g/mol. The Balaban J connectivity index is 1.36. The number of hydrogen-bond acceptors (Lipinski definition) is 4. The smallest absolute Gasteiger partial charge is 0.231 e. The molecule has 130 valence electrons. The highest BCUT2D eigenvalue weighted by Crippen LogP contribution is 2.35. The molecule has 0 bridgehead atoms.